The average Bonchev–Trinajstić information content (AvgIpc) is 2.72. The van der Waals surface area contributed by atoms with Gasteiger partial charge in [0.05, 0.1) is 0 Å². The van der Waals surface area contributed by atoms with E-state index in [1.807, 2.05) is 7.11 Å². The minimum absolute atomic E-state index is 0.656. The van der Waals surface area contributed by atoms with E-state index in [4.69, 9.17) is 4.74 Å². The van der Waals surface area contributed by atoms with Gasteiger partial charge in [-0.15, -0.1) is 0 Å². The van der Waals surface area contributed by atoms with Gasteiger partial charge in [-0.1, -0.05) is 12.8 Å². The maximum Gasteiger partial charge on any atom is 0.0496 e. The van der Waals surface area contributed by atoms with Crippen molar-refractivity contribution in [2.75, 3.05) is 20.8 Å². The molecule has 2 atom stereocenters. The van der Waals surface area contributed by atoms with E-state index in [9.17, 15) is 0 Å². The zero-order valence-electron chi connectivity index (χ0n) is 10.2. The van der Waals surface area contributed by atoms with Crippen molar-refractivity contribution >= 4 is 0 Å². The molecule has 2 rings (SSSR count). The minimum atomic E-state index is 0.656. The van der Waals surface area contributed by atoms with Gasteiger partial charge in [-0.3, -0.25) is 0 Å². The van der Waals surface area contributed by atoms with Crippen molar-refractivity contribution in [1.29, 1.82) is 0 Å². The van der Waals surface area contributed by atoms with Gasteiger partial charge in [0.2, 0.25) is 0 Å². The Morgan fingerprint density at radius 2 is 2.00 bits per heavy atom. The van der Waals surface area contributed by atoms with Gasteiger partial charge in [0.15, 0.2) is 0 Å². The lowest BCUT2D eigenvalue weighted by Crippen LogP contribution is -2.43. The van der Waals surface area contributed by atoms with Gasteiger partial charge in [0.25, 0.3) is 0 Å². The van der Waals surface area contributed by atoms with Crippen LogP contribution in [0.2, 0.25) is 0 Å². The van der Waals surface area contributed by atoms with Crippen LogP contribution >= 0.6 is 0 Å². The average molecular weight is 211 g/mol. The Labute approximate surface area is 93.8 Å². The topological polar surface area (TPSA) is 21.3 Å². The fourth-order valence-electron chi connectivity index (χ4n) is 3.82. The van der Waals surface area contributed by atoms with E-state index in [2.05, 4.69) is 12.4 Å². The zero-order valence-corrected chi connectivity index (χ0v) is 10.2. The maximum absolute atomic E-state index is 5.43. The highest BCUT2D eigenvalue weighted by atomic mass is 16.5. The van der Waals surface area contributed by atoms with Gasteiger partial charge in [-0.25, -0.2) is 0 Å². The van der Waals surface area contributed by atoms with Crippen molar-refractivity contribution in [1.82, 2.24) is 5.32 Å². The first-order valence-electron chi connectivity index (χ1n) is 6.47. The molecule has 0 saturated heterocycles. The lowest BCUT2D eigenvalue weighted by atomic mass is 9.64. The molecule has 1 spiro atoms. The molecule has 0 amide bonds. The van der Waals surface area contributed by atoms with Gasteiger partial charge in [-0.2, -0.15) is 0 Å². The smallest absolute Gasteiger partial charge is 0.0496 e. The van der Waals surface area contributed by atoms with Crippen molar-refractivity contribution in [3.63, 3.8) is 0 Å². The highest BCUT2D eigenvalue weighted by Crippen LogP contribution is 2.52. The summed E-state index contributed by atoms with van der Waals surface area (Å²) in [4.78, 5) is 0. The van der Waals surface area contributed by atoms with Crippen LogP contribution in [0, 0.1) is 11.3 Å². The van der Waals surface area contributed by atoms with Crippen molar-refractivity contribution < 1.29 is 4.74 Å². The van der Waals surface area contributed by atoms with E-state index in [1.165, 1.54) is 44.9 Å². The molecule has 2 nitrogen and oxygen atoms in total. The first-order chi connectivity index (χ1) is 7.30. The van der Waals surface area contributed by atoms with Crippen LogP contribution in [-0.4, -0.2) is 26.8 Å². The molecule has 2 aliphatic rings. The summed E-state index contributed by atoms with van der Waals surface area (Å²) in [7, 11) is 3.95. The van der Waals surface area contributed by atoms with Crippen LogP contribution in [0.15, 0.2) is 0 Å². The molecule has 0 aromatic rings. The van der Waals surface area contributed by atoms with Crippen LogP contribution in [0.25, 0.3) is 0 Å². The Balaban J connectivity index is 2.03. The molecule has 15 heavy (non-hydrogen) atoms. The second kappa shape index (κ2) is 4.84. The molecule has 0 aromatic heterocycles. The SMILES string of the molecule is CNC1CCC2(CCCC2)C(COC)C1. The van der Waals surface area contributed by atoms with E-state index < -0.39 is 0 Å². The summed E-state index contributed by atoms with van der Waals surface area (Å²) >= 11 is 0. The molecule has 0 aromatic carbocycles. The summed E-state index contributed by atoms with van der Waals surface area (Å²) in [5, 5.41) is 3.44. The lowest BCUT2D eigenvalue weighted by Gasteiger charge is -2.44. The Hall–Kier alpha value is -0.0800. The third kappa shape index (κ3) is 2.21. The third-order valence-corrected chi connectivity index (χ3v) is 4.80. The number of rotatable bonds is 3. The molecule has 88 valence electrons. The molecule has 0 heterocycles. The summed E-state index contributed by atoms with van der Waals surface area (Å²) in [6.45, 7) is 0.970. The monoisotopic (exact) mass is 211 g/mol. The lowest BCUT2D eigenvalue weighted by molar-refractivity contribution is 0.0176. The molecule has 2 heteroatoms. The summed E-state index contributed by atoms with van der Waals surface area (Å²) in [5.74, 6) is 0.802. The van der Waals surface area contributed by atoms with Crippen LogP contribution < -0.4 is 5.32 Å². The maximum atomic E-state index is 5.43. The molecule has 2 fully saturated rings. The predicted molar refractivity (Wildman–Crippen MR) is 63.0 cm³/mol. The highest BCUT2D eigenvalue weighted by Gasteiger charge is 2.44. The van der Waals surface area contributed by atoms with E-state index >= 15 is 0 Å². The van der Waals surface area contributed by atoms with E-state index in [1.54, 1.807) is 0 Å². The summed E-state index contributed by atoms with van der Waals surface area (Å²) in [6.07, 6.45) is 9.93. The molecule has 0 aliphatic heterocycles. The molecule has 1 N–H and O–H groups in total. The van der Waals surface area contributed by atoms with Crippen molar-refractivity contribution in [2.45, 2.75) is 51.0 Å². The van der Waals surface area contributed by atoms with Gasteiger partial charge in [0.1, 0.15) is 0 Å². The second-order valence-corrected chi connectivity index (χ2v) is 5.48. The Kier molecular flexibility index (Phi) is 3.68. The van der Waals surface area contributed by atoms with Crippen molar-refractivity contribution in [3.8, 4) is 0 Å². The summed E-state index contributed by atoms with van der Waals surface area (Å²) in [5.41, 5.74) is 0.656. The molecule has 2 unspecified atom stereocenters. The fourth-order valence-corrected chi connectivity index (χ4v) is 3.82. The first kappa shape index (κ1) is 11.4. The molecule has 0 radical (unpaired) electrons. The first-order valence-corrected chi connectivity index (χ1v) is 6.47. The van der Waals surface area contributed by atoms with Gasteiger partial charge >= 0.3 is 0 Å². The van der Waals surface area contributed by atoms with Gasteiger partial charge in [0, 0.05) is 19.8 Å². The largest absolute Gasteiger partial charge is 0.384 e. The standard InChI is InChI=1S/C13H25NO/c1-14-12-5-8-13(6-3-4-7-13)11(9-12)10-15-2/h11-12,14H,3-10H2,1-2H3. The molecule has 2 aliphatic carbocycles. The summed E-state index contributed by atoms with van der Waals surface area (Å²) in [6, 6.07) is 0.733. The van der Waals surface area contributed by atoms with Crippen molar-refractivity contribution in [2.24, 2.45) is 11.3 Å². The van der Waals surface area contributed by atoms with E-state index in [0.29, 0.717) is 5.41 Å². The molecule has 0 bridgehead atoms. The molecule has 2 saturated carbocycles. The third-order valence-electron chi connectivity index (χ3n) is 4.80. The number of ether oxygens (including phenoxy) is 1. The van der Waals surface area contributed by atoms with Crippen molar-refractivity contribution in [3.05, 3.63) is 0 Å². The van der Waals surface area contributed by atoms with Gasteiger partial charge < -0.3 is 10.1 Å². The second-order valence-electron chi connectivity index (χ2n) is 5.48. The van der Waals surface area contributed by atoms with Crippen LogP contribution in [0.3, 0.4) is 0 Å². The minimum Gasteiger partial charge on any atom is -0.384 e. The number of nitrogens with one attached hydrogen (secondary N) is 1. The van der Waals surface area contributed by atoms with E-state index in [0.717, 1.165) is 18.6 Å². The molecular weight excluding hydrogens is 186 g/mol. The quantitative estimate of drug-likeness (QED) is 0.774. The van der Waals surface area contributed by atoms with Crippen LogP contribution in [0.1, 0.15) is 44.9 Å². The number of hydrogen-bond donors (Lipinski definition) is 1. The van der Waals surface area contributed by atoms with E-state index in [-0.39, 0.29) is 0 Å². The predicted octanol–water partition coefficient (Wildman–Crippen LogP) is 2.58. The normalized spacial score (nSPS) is 34.8. The zero-order chi connectivity index (χ0) is 10.7. The highest BCUT2D eigenvalue weighted by molar-refractivity contribution is 4.96. The van der Waals surface area contributed by atoms with Gasteiger partial charge in [-0.05, 0) is 50.5 Å². The molecular formula is C13H25NO. The fraction of sp³-hybridized carbons (Fsp3) is 1.00. The Morgan fingerprint density at radius 3 is 2.60 bits per heavy atom. The van der Waals surface area contributed by atoms with Crippen LogP contribution in [-0.2, 0) is 4.74 Å². The van der Waals surface area contributed by atoms with Crippen LogP contribution in [0.5, 0.6) is 0 Å². The summed E-state index contributed by atoms with van der Waals surface area (Å²) < 4.78 is 5.43. The number of hydrogen-bond acceptors (Lipinski definition) is 2. The van der Waals surface area contributed by atoms with Crippen LogP contribution in [0.4, 0.5) is 0 Å². The Morgan fingerprint density at radius 1 is 1.27 bits per heavy atom. The Bertz CT molecular complexity index is 199. The number of methoxy groups -OCH3 is 1.